The first kappa shape index (κ1) is 45.1. The lowest BCUT2D eigenvalue weighted by Gasteiger charge is -2.40. The predicted molar refractivity (Wildman–Crippen MR) is 202 cm³/mol. The van der Waals surface area contributed by atoms with Crippen LogP contribution in [-0.2, 0) is 39.8 Å². The highest BCUT2D eigenvalue weighted by Crippen LogP contribution is 2.30. The van der Waals surface area contributed by atoms with Gasteiger partial charge in [-0.3, -0.25) is 24.1 Å². The molecule has 1 heterocycles. The second kappa shape index (κ2) is 21.6. The number of nitrogens with zero attached hydrogens (tertiary/aromatic N) is 3. The number of carbonyl (C=O) groups is 4. The number of likely N-dealkylation sites (tertiary alicyclic amines) is 1. The van der Waals surface area contributed by atoms with Crippen molar-refractivity contribution in [1.29, 1.82) is 0 Å². The molecule has 0 aliphatic carbocycles. The Labute approximate surface area is 312 Å². The van der Waals surface area contributed by atoms with E-state index < -0.39 is 42.3 Å². The third-order valence-corrected chi connectivity index (χ3v) is 10.7. The molecule has 1 aromatic carbocycles. The Morgan fingerprint density at radius 3 is 2.10 bits per heavy atom. The summed E-state index contributed by atoms with van der Waals surface area (Å²) in [5, 5.41) is 13.0. The van der Waals surface area contributed by atoms with Gasteiger partial charge in [0.05, 0.1) is 49.3 Å². The van der Waals surface area contributed by atoms with Gasteiger partial charge in [-0.25, -0.2) is 0 Å². The maximum Gasteiger partial charge on any atom is 0.311 e. The number of aliphatic hydroxyl groups excluding tert-OH is 1. The summed E-state index contributed by atoms with van der Waals surface area (Å²) < 4.78 is 17.6. The van der Waals surface area contributed by atoms with E-state index in [1.165, 1.54) is 7.11 Å². The third-order valence-electron chi connectivity index (χ3n) is 10.7. The minimum Gasteiger partial charge on any atom is -0.459 e. The van der Waals surface area contributed by atoms with Gasteiger partial charge in [-0.2, -0.15) is 0 Å². The van der Waals surface area contributed by atoms with Gasteiger partial charge in [-0.1, -0.05) is 78.3 Å². The molecule has 0 spiro atoms. The van der Waals surface area contributed by atoms with Crippen molar-refractivity contribution in [1.82, 2.24) is 20.0 Å². The molecule has 2 rings (SSSR count). The van der Waals surface area contributed by atoms with Gasteiger partial charge >= 0.3 is 5.97 Å². The molecule has 1 aliphatic rings. The van der Waals surface area contributed by atoms with E-state index in [1.807, 2.05) is 90.9 Å². The van der Waals surface area contributed by atoms with Gasteiger partial charge in [0.15, 0.2) is 0 Å². The van der Waals surface area contributed by atoms with Crippen molar-refractivity contribution in [3.8, 4) is 0 Å². The summed E-state index contributed by atoms with van der Waals surface area (Å²) in [4.78, 5) is 60.4. The minimum absolute atomic E-state index is 0.0157. The van der Waals surface area contributed by atoms with Crippen LogP contribution in [0.5, 0.6) is 0 Å². The molecule has 12 heteroatoms. The zero-order valence-electron chi connectivity index (χ0n) is 33.8. The Hall–Kier alpha value is -3.06. The van der Waals surface area contributed by atoms with Crippen LogP contribution < -0.4 is 5.32 Å². The Balaban J connectivity index is 2.22. The zero-order chi connectivity index (χ0) is 39.3. The fourth-order valence-electron chi connectivity index (χ4n) is 7.67. The van der Waals surface area contributed by atoms with E-state index in [0.29, 0.717) is 19.4 Å². The van der Waals surface area contributed by atoms with Crippen molar-refractivity contribution < 1.29 is 38.5 Å². The monoisotopic (exact) mass is 733 g/mol. The van der Waals surface area contributed by atoms with Gasteiger partial charge in [-0.05, 0) is 57.2 Å². The van der Waals surface area contributed by atoms with E-state index >= 15 is 0 Å². The molecule has 0 saturated carbocycles. The number of nitrogens with one attached hydrogen (secondary N) is 1. The summed E-state index contributed by atoms with van der Waals surface area (Å²) in [5.41, 5.74) is 0.946. The van der Waals surface area contributed by atoms with Crippen LogP contribution in [0, 0.1) is 23.7 Å². The van der Waals surface area contributed by atoms with Crippen LogP contribution in [0.15, 0.2) is 30.3 Å². The molecule has 9 atom stereocenters. The van der Waals surface area contributed by atoms with E-state index in [4.69, 9.17) is 14.2 Å². The summed E-state index contributed by atoms with van der Waals surface area (Å²) in [7, 11) is 8.54. The number of carbonyl (C=O) groups excluding carboxylic acids is 4. The van der Waals surface area contributed by atoms with Gasteiger partial charge in [-0.15, -0.1) is 0 Å². The van der Waals surface area contributed by atoms with Crippen LogP contribution in [0.25, 0.3) is 0 Å². The summed E-state index contributed by atoms with van der Waals surface area (Å²) in [6.07, 6.45) is 0.652. The maximum atomic E-state index is 14.2. The molecule has 0 radical (unpaired) electrons. The fourth-order valence-corrected chi connectivity index (χ4v) is 7.67. The quantitative estimate of drug-likeness (QED) is 0.181. The molecular weight excluding hydrogens is 664 g/mol. The molecule has 1 fully saturated rings. The van der Waals surface area contributed by atoms with Crippen LogP contribution >= 0.6 is 0 Å². The highest BCUT2D eigenvalue weighted by Gasteiger charge is 2.43. The minimum atomic E-state index is -0.761. The molecule has 1 unspecified atom stereocenters. The first-order valence-corrected chi connectivity index (χ1v) is 19.0. The molecule has 1 saturated heterocycles. The SMILES string of the molecule is CCC(C)[C@@H](C(=O)N[C@H](C(=O)N(C)[C@@H](C(C)C)[C@@H](CC(=O)N1CCC[C@H]1[C@H](OC)[C@@H](C)C(=O)O[C@H](CO)Cc1ccccc1)OC)C(C)C)N(C)C. The van der Waals surface area contributed by atoms with Gasteiger partial charge < -0.3 is 34.4 Å². The number of ether oxygens (including phenoxy) is 3. The summed E-state index contributed by atoms with van der Waals surface area (Å²) >= 11 is 0. The predicted octanol–water partition coefficient (Wildman–Crippen LogP) is 3.78. The second-order valence-electron chi connectivity index (χ2n) is 15.4. The van der Waals surface area contributed by atoms with Crippen LogP contribution in [0.4, 0.5) is 0 Å². The molecule has 2 N–H and O–H groups in total. The van der Waals surface area contributed by atoms with Crippen LogP contribution in [-0.4, -0.2) is 134 Å². The summed E-state index contributed by atoms with van der Waals surface area (Å²) in [6.45, 7) is 13.8. The topological polar surface area (TPSA) is 138 Å². The number of hydrogen-bond acceptors (Lipinski definition) is 9. The number of likely N-dealkylation sites (N-methyl/N-ethyl adjacent to an activating group) is 2. The smallest absolute Gasteiger partial charge is 0.311 e. The number of amides is 3. The van der Waals surface area contributed by atoms with Crippen molar-refractivity contribution in [2.45, 2.75) is 123 Å². The molecule has 1 aliphatic heterocycles. The van der Waals surface area contributed by atoms with Gasteiger partial charge in [0, 0.05) is 34.2 Å². The van der Waals surface area contributed by atoms with Gasteiger partial charge in [0.2, 0.25) is 17.7 Å². The average molecular weight is 733 g/mol. The lowest BCUT2D eigenvalue weighted by Crippen LogP contribution is -2.59. The zero-order valence-corrected chi connectivity index (χ0v) is 33.8. The molecule has 3 amide bonds. The molecule has 0 aromatic heterocycles. The summed E-state index contributed by atoms with van der Waals surface area (Å²) in [6, 6.07) is 7.55. The number of benzene rings is 1. The first-order valence-electron chi connectivity index (χ1n) is 19.0. The van der Waals surface area contributed by atoms with E-state index in [2.05, 4.69) is 5.32 Å². The molecule has 0 bridgehead atoms. The van der Waals surface area contributed by atoms with Crippen molar-refractivity contribution >= 4 is 23.7 Å². The fraction of sp³-hybridized carbons (Fsp3) is 0.750. The molecule has 52 heavy (non-hydrogen) atoms. The Kier molecular flexibility index (Phi) is 18.7. The standard InChI is InChI=1S/C40H68N4O8/c1-13-27(6)36(42(8)9)38(47)41-34(25(2)3)39(48)43(10)35(26(4)5)32(50-11)23-33(46)44-21-17-20-31(44)37(51-12)28(7)40(49)52-30(24-45)22-29-18-15-14-16-19-29/h14-16,18-19,25-28,30-32,34-37,45H,13,17,20-24H2,1-12H3,(H,41,47)/t27?,28-,30+,31+,32-,34+,35+,36+,37-/m1/s1. The maximum absolute atomic E-state index is 14.2. The molecule has 12 nitrogen and oxygen atoms in total. The number of esters is 1. The van der Waals surface area contributed by atoms with E-state index in [1.54, 1.807) is 30.9 Å². The van der Waals surface area contributed by atoms with Gasteiger partial charge in [0.1, 0.15) is 12.1 Å². The normalized spacial score (nSPS) is 19.5. The van der Waals surface area contributed by atoms with Crippen molar-refractivity contribution in [2.24, 2.45) is 23.7 Å². The number of hydrogen-bond donors (Lipinski definition) is 2. The second-order valence-corrected chi connectivity index (χ2v) is 15.4. The van der Waals surface area contributed by atoms with Crippen molar-refractivity contribution in [2.75, 3.05) is 48.5 Å². The Morgan fingerprint density at radius 1 is 0.962 bits per heavy atom. The van der Waals surface area contributed by atoms with Crippen molar-refractivity contribution in [3.63, 3.8) is 0 Å². The van der Waals surface area contributed by atoms with Crippen LogP contribution in [0.3, 0.4) is 0 Å². The summed E-state index contributed by atoms with van der Waals surface area (Å²) in [5.74, 6) is -1.93. The highest BCUT2D eigenvalue weighted by atomic mass is 16.6. The van der Waals surface area contributed by atoms with E-state index in [0.717, 1.165) is 18.4 Å². The van der Waals surface area contributed by atoms with Crippen molar-refractivity contribution in [3.05, 3.63) is 35.9 Å². The molecular formula is C40H68N4O8. The lowest BCUT2D eigenvalue weighted by molar-refractivity contribution is -0.163. The highest BCUT2D eigenvalue weighted by molar-refractivity contribution is 5.90. The van der Waals surface area contributed by atoms with Crippen LogP contribution in [0.2, 0.25) is 0 Å². The Bertz CT molecular complexity index is 1260. The average Bonchev–Trinajstić information content (AvgIpc) is 3.59. The third kappa shape index (κ3) is 12.0. The molecule has 1 aromatic rings. The van der Waals surface area contributed by atoms with E-state index in [-0.39, 0.29) is 60.6 Å². The number of rotatable bonds is 21. The lowest BCUT2D eigenvalue weighted by atomic mass is 9.91. The first-order chi connectivity index (χ1) is 24.5. The molecule has 296 valence electrons. The number of aliphatic hydroxyl groups is 1. The van der Waals surface area contributed by atoms with Gasteiger partial charge in [0.25, 0.3) is 0 Å². The van der Waals surface area contributed by atoms with E-state index in [9.17, 15) is 24.3 Å². The largest absolute Gasteiger partial charge is 0.459 e. The number of methoxy groups -OCH3 is 2. The Morgan fingerprint density at radius 2 is 1.60 bits per heavy atom. The van der Waals surface area contributed by atoms with Crippen LogP contribution in [0.1, 0.15) is 79.7 Å².